The monoisotopic (exact) mass is 246 g/mol. The van der Waals surface area contributed by atoms with E-state index in [0.717, 1.165) is 16.5 Å². The number of hydrogen-bond donors (Lipinski definition) is 1. The van der Waals surface area contributed by atoms with Crippen molar-refractivity contribution in [3.05, 3.63) is 36.0 Å². The second-order valence-electron chi connectivity index (χ2n) is 4.33. The number of para-hydroxylation sites is 1. The summed E-state index contributed by atoms with van der Waals surface area (Å²) in [5.74, 6) is -0.252. The molecule has 96 valence electrons. The Labute approximate surface area is 106 Å². The first-order chi connectivity index (χ1) is 8.63. The lowest BCUT2D eigenvalue weighted by Crippen LogP contribution is -2.17. The molecule has 0 spiro atoms. The normalized spacial score (nSPS) is 12.6. The number of esters is 1. The van der Waals surface area contributed by atoms with Gasteiger partial charge in [-0.2, -0.15) is 0 Å². The zero-order valence-electron chi connectivity index (χ0n) is 10.7. The quantitative estimate of drug-likeness (QED) is 0.841. The van der Waals surface area contributed by atoms with Crippen molar-refractivity contribution < 1.29 is 9.53 Å². The summed E-state index contributed by atoms with van der Waals surface area (Å²) in [6.07, 6.45) is 2.19. The lowest BCUT2D eigenvalue weighted by molar-refractivity contribution is -0.143. The van der Waals surface area contributed by atoms with Gasteiger partial charge in [0.25, 0.3) is 0 Å². The van der Waals surface area contributed by atoms with Gasteiger partial charge in [-0.05, 0) is 18.6 Å². The van der Waals surface area contributed by atoms with Gasteiger partial charge in [-0.25, -0.2) is 0 Å². The van der Waals surface area contributed by atoms with E-state index in [1.807, 2.05) is 42.1 Å². The number of benzene rings is 1. The molecule has 1 aromatic heterocycles. The number of hydrogen-bond acceptors (Lipinski definition) is 3. The third-order valence-electron chi connectivity index (χ3n) is 3.02. The Morgan fingerprint density at radius 2 is 2.17 bits per heavy atom. The van der Waals surface area contributed by atoms with E-state index < -0.39 is 0 Å². The molecule has 1 atom stereocenters. The van der Waals surface area contributed by atoms with Crippen LogP contribution in [0.25, 0.3) is 10.9 Å². The van der Waals surface area contributed by atoms with Crippen LogP contribution in [-0.4, -0.2) is 17.1 Å². The summed E-state index contributed by atoms with van der Waals surface area (Å²) in [5, 5.41) is 1.09. The van der Waals surface area contributed by atoms with Gasteiger partial charge in [-0.1, -0.05) is 18.2 Å². The molecule has 0 saturated carbocycles. The number of aryl methyl sites for hydroxylation is 1. The van der Waals surface area contributed by atoms with Crippen LogP contribution in [0.5, 0.6) is 0 Å². The highest BCUT2D eigenvalue weighted by molar-refractivity contribution is 5.85. The molecule has 0 aliphatic carbocycles. The smallest absolute Gasteiger partial charge is 0.307 e. The first-order valence-corrected chi connectivity index (χ1v) is 6.08. The van der Waals surface area contributed by atoms with Crippen LogP contribution in [-0.2, 0) is 16.6 Å². The van der Waals surface area contributed by atoms with E-state index >= 15 is 0 Å². The molecule has 2 N–H and O–H groups in total. The second kappa shape index (κ2) is 5.23. The van der Waals surface area contributed by atoms with E-state index in [-0.39, 0.29) is 18.4 Å². The number of nitrogens with zero attached hydrogens (tertiary/aromatic N) is 1. The van der Waals surface area contributed by atoms with E-state index in [2.05, 4.69) is 0 Å². The maximum Gasteiger partial charge on any atom is 0.307 e. The van der Waals surface area contributed by atoms with Gasteiger partial charge in [0.05, 0.1) is 13.0 Å². The molecule has 1 aromatic carbocycles. The highest BCUT2D eigenvalue weighted by atomic mass is 16.5. The van der Waals surface area contributed by atoms with Crippen LogP contribution in [0.3, 0.4) is 0 Å². The van der Waals surface area contributed by atoms with Crippen LogP contribution in [0.2, 0.25) is 0 Å². The fourth-order valence-corrected chi connectivity index (χ4v) is 2.18. The number of aromatic nitrogens is 1. The SMILES string of the molecule is CCOC(=O)C[C@@H](N)c1cn(C)c2ccccc12. The minimum absolute atomic E-state index is 0.210. The van der Waals surface area contributed by atoms with Crippen molar-refractivity contribution in [3.63, 3.8) is 0 Å². The average molecular weight is 246 g/mol. The van der Waals surface area contributed by atoms with E-state index in [0.29, 0.717) is 6.61 Å². The molecule has 0 amide bonds. The highest BCUT2D eigenvalue weighted by Crippen LogP contribution is 2.26. The van der Waals surface area contributed by atoms with Crippen LogP contribution in [0, 0.1) is 0 Å². The van der Waals surface area contributed by atoms with Crippen LogP contribution in [0.15, 0.2) is 30.5 Å². The Kier molecular flexibility index (Phi) is 3.67. The summed E-state index contributed by atoms with van der Waals surface area (Å²) in [5.41, 5.74) is 8.20. The first-order valence-electron chi connectivity index (χ1n) is 6.08. The second-order valence-corrected chi connectivity index (χ2v) is 4.33. The third-order valence-corrected chi connectivity index (χ3v) is 3.02. The molecule has 0 unspecified atom stereocenters. The zero-order valence-corrected chi connectivity index (χ0v) is 10.7. The van der Waals surface area contributed by atoms with Gasteiger partial charge in [0.2, 0.25) is 0 Å². The molecule has 1 heterocycles. The van der Waals surface area contributed by atoms with Gasteiger partial charge in [-0.3, -0.25) is 4.79 Å². The lowest BCUT2D eigenvalue weighted by Gasteiger charge is -2.09. The van der Waals surface area contributed by atoms with Crippen molar-refractivity contribution in [2.75, 3.05) is 6.61 Å². The maximum absolute atomic E-state index is 11.5. The predicted molar refractivity (Wildman–Crippen MR) is 71.1 cm³/mol. The third kappa shape index (κ3) is 2.38. The van der Waals surface area contributed by atoms with E-state index in [9.17, 15) is 4.79 Å². The summed E-state index contributed by atoms with van der Waals surface area (Å²) in [7, 11) is 1.98. The molecule has 0 fully saturated rings. The Bertz CT molecular complexity index is 560. The van der Waals surface area contributed by atoms with Gasteiger partial charge < -0.3 is 15.0 Å². The molecule has 0 saturated heterocycles. The van der Waals surface area contributed by atoms with Crippen LogP contribution < -0.4 is 5.73 Å². The van der Waals surface area contributed by atoms with Crippen LogP contribution in [0.4, 0.5) is 0 Å². The summed E-state index contributed by atoms with van der Waals surface area (Å²) in [6, 6.07) is 7.70. The molecule has 0 aliphatic rings. The summed E-state index contributed by atoms with van der Waals surface area (Å²) < 4.78 is 6.95. The molecule has 18 heavy (non-hydrogen) atoms. The molecule has 0 radical (unpaired) electrons. The van der Waals surface area contributed by atoms with Crippen molar-refractivity contribution in [1.82, 2.24) is 4.57 Å². The largest absolute Gasteiger partial charge is 0.466 e. The number of carbonyl (C=O) groups is 1. The van der Waals surface area contributed by atoms with E-state index in [1.54, 1.807) is 6.92 Å². The summed E-state index contributed by atoms with van der Waals surface area (Å²) in [4.78, 5) is 11.5. The van der Waals surface area contributed by atoms with Crippen LogP contribution in [0.1, 0.15) is 24.9 Å². The minimum atomic E-state index is -0.324. The van der Waals surface area contributed by atoms with Crippen molar-refractivity contribution >= 4 is 16.9 Å². The molecular formula is C14H18N2O2. The Balaban J connectivity index is 2.28. The summed E-state index contributed by atoms with van der Waals surface area (Å²) in [6.45, 7) is 2.18. The number of ether oxygens (including phenoxy) is 1. The number of rotatable bonds is 4. The van der Waals surface area contributed by atoms with Crippen molar-refractivity contribution in [1.29, 1.82) is 0 Å². The molecule has 4 heteroatoms. The fourth-order valence-electron chi connectivity index (χ4n) is 2.18. The standard InChI is InChI=1S/C14H18N2O2/c1-3-18-14(17)8-12(15)11-9-16(2)13-7-5-4-6-10(11)13/h4-7,9,12H,3,8,15H2,1-2H3/t12-/m1/s1. The molecule has 0 bridgehead atoms. The highest BCUT2D eigenvalue weighted by Gasteiger charge is 2.16. The van der Waals surface area contributed by atoms with Crippen molar-refractivity contribution in [2.45, 2.75) is 19.4 Å². The number of carbonyl (C=O) groups excluding carboxylic acids is 1. The van der Waals surface area contributed by atoms with E-state index in [4.69, 9.17) is 10.5 Å². The van der Waals surface area contributed by atoms with Gasteiger partial charge in [0.15, 0.2) is 0 Å². The lowest BCUT2D eigenvalue weighted by atomic mass is 10.0. The molecule has 4 nitrogen and oxygen atoms in total. The Hall–Kier alpha value is -1.81. The van der Waals surface area contributed by atoms with Gasteiger partial charge in [-0.15, -0.1) is 0 Å². The fraction of sp³-hybridized carbons (Fsp3) is 0.357. The maximum atomic E-state index is 11.5. The Morgan fingerprint density at radius 1 is 1.44 bits per heavy atom. The van der Waals surface area contributed by atoms with Crippen molar-refractivity contribution in [3.8, 4) is 0 Å². The predicted octanol–water partition coefficient (Wildman–Crippen LogP) is 2.13. The molecular weight excluding hydrogens is 228 g/mol. The van der Waals surface area contributed by atoms with Gasteiger partial charge in [0.1, 0.15) is 0 Å². The average Bonchev–Trinajstić information content (AvgIpc) is 2.68. The Morgan fingerprint density at radius 3 is 2.89 bits per heavy atom. The van der Waals surface area contributed by atoms with Gasteiger partial charge in [0, 0.05) is 30.2 Å². The van der Waals surface area contributed by atoms with Crippen molar-refractivity contribution in [2.24, 2.45) is 12.8 Å². The molecule has 2 aromatic rings. The number of fused-ring (bicyclic) bond motifs is 1. The molecule has 0 aliphatic heterocycles. The summed E-state index contributed by atoms with van der Waals surface area (Å²) >= 11 is 0. The zero-order chi connectivity index (χ0) is 13.1. The molecule has 2 rings (SSSR count). The number of nitrogens with two attached hydrogens (primary N) is 1. The first kappa shape index (κ1) is 12.6. The van der Waals surface area contributed by atoms with Gasteiger partial charge >= 0.3 is 5.97 Å². The minimum Gasteiger partial charge on any atom is -0.466 e. The topological polar surface area (TPSA) is 57.2 Å². The van der Waals surface area contributed by atoms with Crippen LogP contribution >= 0.6 is 0 Å². The van der Waals surface area contributed by atoms with E-state index in [1.165, 1.54) is 0 Å².